The standard InChI is InChI=1S/C19H38O3Si/c1-15(12-13-18(21)17(3)20)10-9-11-16(2)14-22-23(7,8)19(4,5)6/h12,16,18,21H,9-11,13-14H2,1-8H3/b15-12-/t16-,18+/m1/s1. The number of carbonyl (C=O) groups excluding carboxylic acids is 1. The number of carbonyl (C=O) groups is 1. The molecular formula is C19H38O3Si. The fourth-order valence-electron chi connectivity index (χ4n) is 1.96. The van der Waals surface area contributed by atoms with Gasteiger partial charge in [0.25, 0.3) is 0 Å². The molecule has 4 heteroatoms. The van der Waals surface area contributed by atoms with Crippen LogP contribution in [0.1, 0.15) is 67.2 Å². The first-order valence-corrected chi connectivity index (χ1v) is 11.8. The van der Waals surface area contributed by atoms with Crippen molar-refractivity contribution < 1.29 is 14.3 Å². The Morgan fingerprint density at radius 2 is 1.83 bits per heavy atom. The summed E-state index contributed by atoms with van der Waals surface area (Å²) in [6.07, 6.45) is 4.88. The lowest BCUT2D eigenvalue weighted by atomic mass is 10.0. The molecule has 136 valence electrons. The van der Waals surface area contributed by atoms with E-state index in [-0.39, 0.29) is 10.8 Å². The third-order valence-corrected chi connectivity index (χ3v) is 9.46. The predicted molar refractivity (Wildman–Crippen MR) is 101 cm³/mol. The second-order valence-electron chi connectivity index (χ2n) is 8.48. The van der Waals surface area contributed by atoms with Gasteiger partial charge in [-0.05, 0) is 63.6 Å². The zero-order valence-electron chi connectivity index (χ0n) is 16.5. The maximum absolute atomic E-state index is 11.0. The average Bonchev–Trinajstić information content (AvgIpc) is 2.41. The van der Waals surface area contributed by atoms with Gasteiger partial charge in [-0.1, -0.05) is 39.3 Å². The van der Waals surface area contributed by atoms with E-state index in [4.69, 9.17) is 4.43 Å². The number of hydrogen-bond donors (Lipinski definition) is 1. The van der Waals surface area contributed by atoms with Gasteiger partial charge < -0.3 is 9.53 Å². The van der Waals surface area contributed by atoms with E-state index in [2.05, 4.69) is 47.7 Å². The van der Waals surface area contributed by atoms with Crippen LogP contribution in [-0.4, -0.2) is 31.9 Å². The van der Waals surface area contributed by atoms with E-state index in [0.29, 0.717) is 12.3 Å². The van der Waals surface area contributed by atoms with Crippen molar-refractivity contribution in [1.82, 2.24) is 0 Å². The quantitative estimate of drug-likeness (QED) is 0.444. The predicted octanol–water partition coefficient (Wildman–Crippen LogP) is 5.10. The second kappa shape index (κ2) is 9.75. The van der Waals surface area contributed by atoms with E-state index in [1.54, 1.807) is 0 Å². The zero-order chi connectivity index (χ0) is 18.3. The van der Waals surface area contributed by atoms with Crippen LogP contribution in [0.3, 0.4) is 0 Å². The van der Waals surface area contributed by atoms with Crippen LogP contribution in [-0.2, 0) is 9.22 Å². The van der Waals surface area contributed by atoms with Gasteiger partial charge in [-0.2, -0.15) is 0 Å². The summed E-state index contributed by atoms with van der Waals surface area (Å²) in [7, 11) is -1.64. The highest BCUT2D eigenvalue weighted by atomic mass is 28.4. The Bertz CT molecular complexity index is 394. The lowest BCUT2D eigenvalue weighted by Gasteiger charge is -2.37. The normalized spacial score (nSPS) is 16.3. The summed E-state index contributed by atoms with van der Waals surface area (Å²) in [4.78, 5) is 11.0. The van der Waals surface area contributed by atoms with Gasteiger partial charge in [-0.25, -0.2) is 0 Å². The Hall–Kier alpha value is -0.453. The molecule has 0 aliphatic heterocycles. The molecule has 0 heterocycles. The van der Waals surface area contributed by atoms with Crippen molar-refractivity contribution >= 4 is 14.1 Å². The Labute approximate surface area is 144 Å². The van der Waals surface area contributed by atoms with Gasteiger partial charge in [0, 0.05) is 6.61 Å². The maximum Gasteiger partial charge on any atom is 0.191 e. The molecule has 0 bridgehead atoms. The number of Topliss-reactive ketones (excluding diaryl/α,β-unsaturated/α-hetero) is 1. The highest BCUT2D eigenvalue weighted by molar-refractivity contribution is 6.74. The first kappa shape index (κ1) is 22.5. The van der Waals surface area contributed by atoms with Crippen molar-refractivity contribution in [2.24, 2.45) is 5.92 Å². The molecule has 2 atom stereocenters. The third kappa shape index (κ3) is 9.43. The van der Waals surface area contributed by atoms with E-state index in [9.17, 15) is 9.90 Å². The molecule has 0 radical (unpaired) electrons. The minimum Gasteiger partial charge on any atom is -0.417 e. The largest absolute Gasteiger partial charge is 0.417 e. The molecule has 0 amide bonds. The van der Waals surface area contributed by atoms with Crippen molar-refractivity contribution in [1.29, 1.82) is 0 Å². The minimum atomic E-state index is -1.64. The minimum absolute atomic E-state index is 0.162. The van der Waals surface area contributed by atoms with Crippen molar-refractivity contribution in [3.63, 3.8) is 0 Å². The maximum atomic E-state index is 11.0. The van der Waals surface area contributed by atoms with Gasteiger partial charge in [0.05, 0.1) is 0 Å². The molecule has 0 aliphatic rings. The summed E-state index contributed by atoms with van der Waals surface area (Å²) >= 11 is 0. The lowest BCUT2D eigenvalue weighted by Crippen LogP contribution is -2.41. The molecule has 0 saturated carbocycles. The SMILES string of the molecule is CC(=O)[C@@H](O)C/C=C(/C)CCC[C@@H](C)CO[Si](C)(C)C(C)(C)C. The Morgan fingerprint density at radius 3 is 2.30 bits per heavy atom. The monoisotopic (exact) mass is 342 g/mol. The molecule has 0 saturated heterocycles. The van der Waals surface area contributed by atoms with Gasteiger partial charge in [-0.15, -0.1) is 0 Å². The summed E-state index contributed by atoms with van der Waals surface area (Å²) in [5.74, 6) is 0.408. The molecule has 0 aromatic carbocycles. The molecule has 0 aromatic heterocycles. The van der Waals surface area contributed by atoms with Gasteiger partial charge in [0.2, 0.25) is 0 Å². The molecule has 23 heavy (non-hydrogen) atoms. The van der Waals surface area contributed by atoms with Crippen LogP contribution in [0, 0.1) is 5.92 Å². The topological polar surface area (TPSA) is 46.5 Å². The van der Waals surface area contributed by atoms with Gasteiger partial charge >= 0.3 is 0 Å². The molecule has 0 spiro atoms. The molecule has 1 N–H and O–H groups in total. The average molecular weight is 343 g/mol. The van der Waals surface area contributed by atoms with Crippen LogP contribution in [0.5, 0.6) is 0 Å². The van der Waals surface area contributed by atoms with Crippen LogP contribution in [0.25, 0.3) is 0 Å². The Balaban J connectivity index is 4.05. The molecule has 3 nitrogen and oxygen atoms in total. The highest BCUT2D eigenvalue weighted by Crippen LogP contribution is 2.36. The van der Waals surface area contributed by atoms with E-state index in [1.807, 2.05) is 6.08 Å². The third-order valence-electron chi connectivity index (χ3n) is 4.96. The first-order valence-electron chi connectivity index (χ1n) is 8.85. The first-order chi connectivity index (χ1) is 10.4. The smallest absolute Gasteiger partial charge is 0.191 e. The number of hydrogen-bond acceptors (Lipinski definition) is 3. The van der Waals surface area contributed by atoms with Crippen LogP contribution >= 0.6 is 0 Å². The van der Waals surface area contributed by atoms with Gasteiger partial charge in [-0.3, -0.25) is 4.79 Å². The Kier molecular flexibility index (Phi) is 9.56. The molecular weight excluding hydrogens is 304 g/mol. The van der Waals surface area contributed by atoms with Gasteiger partial charge in [0.1, 0.15) is 6.10 Å². The summed E-state index contributed by atoms with van der Waals surface area (Å²) in [6, 6.07) is 0. The van der Waals surface area contributed by atoms with Crippen molar-refractivity contribution in [2.45, 2.75) is 91.5 Å². The second-order valence-corrected chi connectivity index (χ2v) is 13.3. The number of rotatable bonds is 10. The summed E-state index contributed by atoms with van der Waals surface area (Å²) in [6.45, 7) is 18.0. The van der Waals surface area contributed by atoms with E-state index in [0.717, 1.165) is 25.9 Å². The van der Waals surface area contributed by atoms with Crippen LogP contribution in [0.2, 0.25) is 18.1 Å². The van der Waals surface area contributed by atoms with Crippen LogP contribution in [0.4, 0.5) is 0 Å². The Morgan fingerprint density at radius 1 is 1.26 bits per heavy atom. The van der Waals surface area contributed by atoms with Crippen molar-refractivity contribution in [3.8, 4) is 0 Å². The molecule has 0 fully saturated rings. The summed E-state index contributed by atoms with van der Waals surface area (Å²) in [5.41, 5.74) is 1.25. The van der Waals surface area contributed by atoms with Gasteiger partial charge in [0.15, 0.2) is 14.1 Å². The molecule has 0 aliphatic carbocycles. The van der Waals surface area contributed by atoms with Crippen LogP contribution in [0.15, 0.2) is 11.6 Å². The van der Waals surface area contributed by atoms with E-state index in [1.165, 1.54) is 12.5 Å². The fourth-order valence-corrected chi connectivity index (χ4v) is 3.09. The van der Waals surface area contributed by atoms with Crippen molar-refractivity contribution in [3.05, 3.63) is 11.6 Å². The van der Waals surface area contributed by atoms with Crippen molar-refractivity contribution in [2.75, 3.05) is 6.61 Å². The lowest BCUT2D eigenvalue weighted by molar-refractivity contribution is -0.124. The number of aliphatic hydroxyl groups is 1. The summed E-state index contributed by atoms with van der Waals surface area (Å²) in [5, 5.41) is 9.76. The number of aliphatic hydroxyl groups excluding tert-OH is 1. The fraction of sp³-hybridized carbons (Fsp3) is 0.842. The summed E-state index contributed by atoms with van der Waals surface area (Å²) < 4.78 is 6.27. The molecule has 0 unspecified atom stereocenters. The van der Waals surface area contributed by atoms with E-state index >= 15 is 0 Å². The van der Waals surface area contributed by atoms with Crippen LogP contribution < -0.4 is 0 Å². The molecule has 0 rings (SSSR count). The number of ketones is 1. The molecule has 0 aromatic rings. The van der Waals surface area contributed by atoms with E-state index < -0.39 is 14.4 Å². The highest BCUT2D eigenvalue weighted by Gasteiger charge is 2.37. The number of allylic oxidation sites excluding steroid dienone is 1. The zero-order valence-corrected chi connectivity index (χ0v) is 17.5.